The van der Waals surface area contributed by atoms with Crippen molar-refractivity contribution in [2.45, 2.75) is 19.3 Å². The van der Waals surface area contributed by atoms with Gasteiger partial charge < -0.3 is 14.4 Å². The van der Waals surface area contributed by atoms with Crippen LogP contribution in [0.5, 0.6) is 11.5 Å². The maximum absolute atomic E-state index is 13.5. The van der Waals surface area contributed by atoms with Crippen LogP contribution in [0.3, 0.4) is 0 Å². The van der Waals surface area contributed by atoms with Gasteiger partial charge in [-0.25, -0.2) is 4.90 Å². The molecular formula is C23H24N2O4. The van der Waals surface area contributed by atoms with Crippen molar-refractivity contribution in [1.82, 2.24) is 4.90 Å². The van der Waals surface area contributed by atoms with E-state index in [-0.39, 0.29) is 11.8 Å². The zero-order chi connectivity index (χ0) is 20.4. The first kappa shape index (κ1) is 19.1. The third-order valence-electron chi connectivity index (χ3n) is 5.42. The summed E-state index contributed by atoms with van der Waals surface area (Å²) in [5.74, 6) is 0.375. The van der Waals surface area contributed by atoms with Crippen LogP contribution in [0.25, 0.3) is 5.57 Å². The predicted octanol–water partition coefficient (Wildman–Crippen LogP) is 3.47. The van der Waals surface area contributed by atoms with Crippen LogP contribution in [0, 0.1) is 0 Å². The Bertz CT molecular complexity index is 962. The minimum absolute atomic E-state index is 0.306. The molecule has 4 rings (SSSR count). The van der Waals surface area contributed by atoms with Crippen LogP contribution in [-0.2, 0) is 9.59 Å². The first-order chi connectivity index (χ1) is 14.2. The lowest BCUT2D eigenvalue weighted by atomic mass is 10.0. The Morgan fingerprint density at radius 2 is 1.55 bits per heavy atom. The number of carbonyl (C=O) groups is 2. The zero-order valence-electron chi connectivity index (χ0n) is 16.7. The average Bonchev–Trinajstić information content (AvgIpc) is 3.04. The van der Waals surface area contributed by atoms with Gasteiger partial charge in [0, 0.05) is 19.2 Å². The van der Waals surface area contributed by atoms with Crippen molar-refractivity contribution < 1.29 is 19.1 Å². The number of methoxy groups -OCH3 is 2. The summed E-state index contributed by atoms with van der Waals surface area (Å²) in [6, 6.07) is 14.5. The number of benzene rings is 2. The van der Waals surface area contributed by atoms with E-state index in [4.69, 9.17) is 9.47 Å². The Balaban J connectivity index is 1.83. The molecular weight excluding hydrogens is 368 g/mol. The second kappa shape index (κ2) is 7.99. The van der Waals surface area contributed by atoms with Crippen molar-refractivity contribution in [3.05, 3.63) is 59.8 Å². The third-order valence-corrected chi connectivity index (χ3v) is 5.42. The molecule has 1 saturated heterocycles. The normalized spacial score (nSPS) is 17.2. The van der Waals surface area contributed by atoms with Gasteiger partial charge in [0.05, 0.1) is 25.5 Å². The lowest BCUT2D eigenvalue weighted by Crippen LogP contribution is -2.37. The topological polar surface area (TPSA) is 59.1 Å². The van der Waals surface area contributed by atoms with Crippen LogP contribution < -0.4 is 14.4 Å². The smallest absolute Gasteiger partial charge is 0.282 e. The standard InChI is InChI=1S/C23H24N2O4/c1-28-17-11-12-18(19(15-17)29-2)25-22(26)20(16-9-5-3-6-10-16)21(23(25)27)24-13-7-4-8-14-24/h3,5-6,9-12,15H,4,7-8,13-14H2,1-2H3. The number of carbonyl (C=O) groups excluding carboxylic acids is 2. The molecule has 29 heavy (non-hydrogen) atoms. The van der Waals surface area contributed by atoms with Crippen LogP contribution >= 0.6 is 0 Å². The van der Waals surface area contributed by atoms with Crippen molar-refractivity contribution in [3.63, 3.8) is 0 Å². The van der Waals surface area contributed by atoms with Gasteiger partial charge in [-0.1, -0.05) is 30.3 Å². The number of ether oxygens (including phenoxy) is 2. The number of piperidine rings is 1. The van der Waals surface area contributed by atoms with E-state index in [9.17, 15) is 9.59 Å². The summed E-state index contributed by atoms with van der Waals surface area (Å²) in [5, 5.41) is 0. The highest BCUT2D eigenvalue weighted by Gasteiger charge is 2.43. The summed E-state index contributed by atoms with van der Waals surface area (Å²) in [4.78, 5) is 30.4. The summed E-state index contributed by atoms with van der Waals surface area (Å²) >= 11 is 0. The molecule has 0 aromatic heterocycles. The van der Waals surface area contributed by atoms with Crippen LogP contribution in [0.2, 0.25) is 0 Å². The highest BCUT2D eigenvalue weighted by molar-refractivity contribution is 6.45. The molecule has 2 heterocycles. The molecule has 6 nitrogen and oxygen atoms in total. The Morgan fingerprint density at radius 1 is 0.828 bits per heavy atom. The first-order valence-corrected chi connectivity index (χ1v) is 9.81. The molecule has 2 aliphatic rings. The van der Waals surface area contributed by atoms with Crippen molar-refractivity contribution in [2.75, 3.05) is 32.2 Å². The Hall–Kier alpha value is -3.28. The zero-order valence-corrected chi connectivity index (χ0v) is 16.7. The average molecular weight is 392 g/mol. The summed E-state index contributed by atoms with van der Waals surface area (Å²) in [7, 11) is 3.07. The number of imide groups is 1. The maximum Gasteiger partial charge on any atom is 0.282 e. The number of nitrogens with zero attached hydrogens (tertiary/aromatic N) is 2. The minimum atomic E-state index is -0.328. The number of rotatable bonds is 5. The lowest BCUT2D eigenvalue weighted by Gasteiger charge is -2.29. The molecule has 0 atom stereocenters. The number of anilines is 1. The molecule has 0 aliphatic carbocycles. The molecule has 2 amide bonds. The fourth-order valence-electron chi connectivity index (χ4n) is 3.98. The van der Waals surface area contributed by atoms with E-state index < -0.39 is 0 Å². The van der Waals surface area contributed by atoms with Crippen molar-refractivity contribution in [3.8, 4) is 11.5 Å². The molecule has 2 aliphatic heterocycles. The summed E-state index contributed by atoms with van der Waals surface area (Å²) < 4.78 is 10.7. The molecule has 0 N–H and O–H groups in total. The van der Waals surface area contributed by atoms with E-state index in [0.29, 0.717) is 28.5 Å². The van der Waals surface area contributed by atoms with E-state index in [1.165, 1.54) is 12.0 Å². The van der Waals surface area contributed by atoms with Crippen molar-refractivity contribution in [2.24, 2.45) is 0 Å². The van der Waals surface area contributed by atoms with Gasteiger partial charge in [-0.3, -0.25) is 9.59 Å². The molecule has 0 unspecified atom stereocenters. The highest BCUT2D eigenvalue weighted by atomic mass is 16.5. The largest absolute Gasteiger partial charge is 0.497 e. The van der Waals surface area contributed by atoms with E-state index in [1.807, 2.05) is 30.3 Å². The number of likely N-dealkylation sites (tertiary alicyclic amines) is 1. The van der Waals surface area contributed by atoms with Gasteiger partial charge in [-0.15, -0.1) is 0 Å². The molecule has 0 spiro atoms. The van der Waals surface area contributed by atoms with Gasteiger partial charge in [0.1, 0.15) is 17.2 Å². The van der Waals surface area contributed by atoms with Crippen LogP contribution in [0.4, 0.5) is 5.69 Å². The maximum atomic E-state index is 13.5. The fraction of sp³-hybridized carbons (Fsp3) is 0.304. The van der Waals surface area contributed by atoms with Gasteiger partial charge in [0.2, 0.25) is 0 Å². The SMILES string of the molecule is COc1ccc(N2C(=O)C(c3ccccc3)=C(N3CCCCC3)C2=O)c(OC)c1. The van der Waals surface area contributed by atoms with Crippen molar-refractivity contribution in [1.29, 1.82) is 0 Å². The van der Waals surface area contributed by atoms with E-state index in [0.717, 1.165) is 37.9 Å². The van der Waals surface area contributed by atoms with E-state index >= 15 is 0 Å². The number of hydrogen-bond donors (Lipinski definition) is 0. The molecule has 0 bridgehead atoms. The molecule has 2 aromatic carbocycles. The quantitative estimate of drug-likeness (QED) is 0.729. The fourth-order valence-corrected chi connectivity index (χ4v) is 3.98. The monoisotopic (exact) mass is 392 g/mol. The first-order valence-electron chi connectivity index (χ1n) is 9.81. The predicted molar refractivity (Wildman–Crippen MR) is 111 cm³/mol. The minimum Gasteiger partial charge on any atom is -0.497 e. The number of amides is 2. The van der Waals surface area contributed by atoms with Crippen LogP contribution in [0.15, 0.2) is 54.2 Å². The van der Waals surface area contributed by atoms with Crippen molar-refractivity contribution >= 4 is 23.1 Å². The van der Waals surface area contributed by atoms with Gasteiger partial charge in [0.15, 0.2) is 0 Å². The van der Waals surface area contributed by atoms with Gasteiger partial charge in [-0.05, 0) is 37.0 Å². The van der Waals surface area contributed by atoms with Crippen LogP contribution in [0.1, 0.15) is 24.8 Å². The second-order valence-electron chi connectivity index (χ2n) is 7.12. The summed E-state index contributed by atoms with van der Waals surface area (Å²) in [6.07, 6.45) is 3.17. The molecule has 1 fully saturated rings. The third kappa shape index (κ3) is 3.35. The molecule has 2 aromatic rings. The second-order valence-corrected chi connectivity index (χ2v) is 7.12. The van der Waals surface area contributed by atoms with Gasteiger partial charge in [0.25, 0.3) is 11.8 Å². The van der Waals surface area contributed by atoms with Gasteiger partial charge >= 0.3 is 0 Å². The number of hydrogen-bond acceptors (Lipinski definition) is 5. The van der Waals surface area contributed by atoms with Gasteiger partial charge in [-0.2, -0.15) is 0 Å². The Morgan fingerprint density at radius 3 is 2.21 bits per heavy atom. The van der Waals surface area contributed by atoms with E-state index in [2.05, 4.69) is 4.90 Å². The Labute approximate surface area is 170 Å². The highest BCUT2D eigenvalue weighted by Crippen LogP contribution is 2.40. The molecule has 0 saturated carbocycles. The van der Waals surface area contributed by atoms with Crippen LogP contribution in [-0.4, -0.2) is 44.0 Å². The lowest BCUT2D eigenvalue weighted by molar-refractivity contribution is -0.120. The molecule has 0 radical (unpaired) electrons. The Kier molecular flexibility index (Phi) is 5.25. The summed E-state index contributed by atoms with van der Waals surface area (Å²) in [6.45, 7) is 1.55. The summed E-state index contributed by atoms with van der Waals surface area (Å²) in [5.41, 5.74) is 2.11. The molecule has 150 valence electrons. The molecule has 6 heteroatoms. The van der Waals surface area contributed by atoms with E-state index in [1.54, 1.807) is 25.3 Å².